The van der Waals surface area contributed by atoms with Gasteiger partial charge in [0.05, 0.1) is 20.9 Å². The van der Waals surface area contributed by atoms with Gasteiger partial charge in [-0.1, -0.05) is 36.4 Å². The van der Waals surface area contributed by atoms with Crippen LogP contribution < -0.4 is 5.43 Å². The van der Waals surface area contributed by atoms with E-state index in [2.05, 4.69) is 10.5 Å². The molecule has 1 aliphatic heterocycles. The number of nitro benzene ring substituents is 1. The number of nitro groups is 1. The van der Waals surface area contributed by atoms with E-state index >= 15 is 0 Å². The van der Waals surface area contributed by atoms with Crippen molar-refractivity contribution in [1.29, 1.82) is 0 Å². The van der Waals surface area contributed by atoms with Gasteiger partial charge in [-0.25, -0.2) is 22.3 Å². The number of hydrazone groups is 1. The highest BCUT2D eigenvalue weighted by Gasteiger charge is 2.43. The summed E-state index contributed by atoms with van der Waals surface area (Å²) in [5.74, 6) is -0.206. The van der Waals surface area contributed by atoms with Crippen LogP contribution in [0.2, 0.25) is 0 Å². The maximum Gasteiger partial charge on any atom is 0.269 e. The van der Waals surface area contributed by atoms with Crippen molar-refractivity contribution in [2.24, 2.45) is 5.10 Å². The number of hydrogen-bond acceptors (Lipinski definition) is 9. The van der Waals surface area contributed by atoms with Crippen molar-refractivity contribution >= 4 is 37.9 Å². The zero-order valence-electron chi connectivity index (χ0n) is 22.4. The lowest BCUT2D eigenvalue weighted by Gasteiger charge is -2.38. The summed E-state index contributed by atoms with van der Waals surface area (Å²) < 4.78 is 61.4. The van der Waals surface area contributed by atoms with E-state index in [4.69, 9.17) is 4.42 Å². The fourth-order valence-corrected chi connectivity index (χ4v) is 7.54. The normalized spacial score (nSPS) is 16.7. The molecule has 1 amide bonds. The van der Waals surface area contributed by atoms with Crippen molar-refractivity contribution in [2.75, 3.05) is 19.6 Å². The topological polar surface area (TPSA) is 172 Å². The van der Waals surface area contributed by atoms with Crippen molar-refractivity contribution in [3.05, 3.63) is 113 Å². The molecule has 2 heterocycles. The van der Waals surface area contributed by atoms with Gasteiger partial charge < -0.3 is 4.42 Å². The van der Waals surface area contributed by atoms with E-state index in [0.29, 0.717) is 11.3 Å². The molecule has 0 aliphatic carbocycles. The Balaban J connectivity index is 1.36. The van der Waals surface area contributed by atoms with E-state index in [0.717, 1.165) is 8.61 Å². The quantitative estimate of drug-likeness (QED) is 0.168. The van der Waals surface area contributed by atoms with Crippen LogP contribution in [0.15, 0.2) is 116 Å². The number of benzene rings is 3. The number of piperazine rings is 1. The van der Waals surface area contributed by atoms with Gasteiger partial charge >= 0.3 is 0 Å². The van der Waals surface area contributed by atoms with E-state index in [1.165, 1.54) is 54.7 Å². The van der Waals surface area contributed by atoms with Crippen LogP contribution in [0.25, 0.3) is 11.3 Å². The van der Waals surface area contributed by atoms with Crippen molar-refractivity contribution in [3.63, 3.8) is 0 Å². The van der Waals surface area contributed by atoms with E-state index in [1.807, 2.05) is 0 Å². The molecule has 0 unspecified atom stereocenters. The molecule has 0 bridgehead atoms. The third-order valence-corrected chi connectivity index (χ3v) is 10.5. The first kappa shape index (κ1) is 29.8. The molecular weight excluding hydrogens is 598 g/mol. The van der Waals surface area contributed by atoms with Crippen LogP contribution in [0.3, 0.4) is 0 Å². The van der Waals surface area contributed by atoms with Crippen LogP contribution in [0.4, 0.5) is 5.69 Å². The highest BCUT2D eigenvalue weighted by molar-refractivity contribution is 7.89. The van der Waals surface area contributed by atoms with Crippen LogP contribution in [-0.4, -0.2) is 68.2 Å². The molecule has 0 saturated carbocycles. The van der Waals surface area contributed by atoms with Gasteiger partial charge in [-0.3, -0.25) is 14.9 Å². The minimum Gasteiger partial charge on any atom is -0.455 e. The number of amides is 1. The van der Waals surface area contributed by atoms with Crippen LogP contribution in [0, 0.1) is 10.1 Å². The van der Waals surface area contributed by atoms with E-state index in [9.17, 15) is 31.7 Å². The number of nitrogens with zero attached hydrogens (tertiary/aromatic N) is 4. The molecule has 3 aromatic carbocycles. The molecule has 0 radical (unpaired) electrons. The Hall–Kier alpha value is -4.70. The zero-order valence-corrected chi connectivity index (χ0v) is 24.0. The second-order valence-corrected chi connectivity index (χ2v) is 13.2. The van der Waals surface area contributed by atoms with Gasteiger partial charge in [-0.2, -0.15) is 13.7 Å². The second kappa shape index (κ2) is 12.3. The van der Waals surface area contributed by atoms with Gasteiger partial charge in [0.1, 0.15) is 17.6 Å². The van der Waals surface area contributed by atoms with Gasteiger partial charge in [0, 0.05) is 37.3 Å². The standard InChI is InChI=1S/C28H25N5O8S2/c34-28(30-29-19-23-15-16-27(41-23)21-11-13-22(14-12-21)33(35)36)26-20-31(42(37,38)24-7-3-1-4-8-24)17-18-32(26)43(39,40)25-9-5-2-6-10-25/h1-16,19,26H,17-18,20H2,(H,30,34)/b29-19-/t26-/m0/s1. The van der Waals surface area contributed by atoms with Crippen LogP contribution >= 0.6 is 0 Å². The molecule has 0 spiro atoms. The zero-order chi connectivity index (χ0) is 30.6. The number of rotatable bonds is 9. The maximum atomic E-state index is 13.5. The Morgan fingerprint density at radius 3 is 2.07 bits per heavy atom. The lowest BCUT2D eigenvalue weighted by atomic mass is 10.1. The fraction of sp³-hybridized carbons (Fsp3) is 0.143. The number of sulfonamides is 2. The molecule has 1 atom stereocenters. The number of carbonyl (C=O) groups is 1. The minimum absolute atomic E-state index is 0.0215. The first-order valence-corrected chi connectivity index (χ1v) is 15.7. The van der Waals surface area contributed by atoms with E-state index < -0.39 is 43.5 Å². The molecule has 1 fully saturated rings. The summed E-state index contributed by atoms with van der Waals surface area (Å²) in [5, 5.41) is 14.8. The highest BCUT2D eigenvalue weighted by atomic mass is 32.2. The molecule has 5 rings (SSSR count). The van der Waals surface area contributed by atoms with Crippen LogP contribution in [0.5, 0.6) is 0 Å². The molecule has 1 saturated heterocycles. The monoisotopic (exact) mass is 623 g/mol. The summed E-state index contributed by atoms with van der Waals surface area (Å²) >= 11 is 0. The third-order valence-electron chi connectivity index (χ3n) is 6.68. The average molecular weight is 624 g/mol. The highest BCUT2D eigenvalue weighted by Crippen LogP contribution is 2.26. The molecule has 15 heteroatoms. The average Bonchev–Trinajstić information content (AvgIpc) is 3.50. The van der Waals surface area contributed by atoms with Gasteiger partial charge in [-0.05, 0) is 48.5 Å². The van der Waals surface area contributed by atoms with Crippen molar-refractivity contribution in [2.45, 2.75) is 15.8 Å². The first-order valence-electron chi connectivity index (χ1n) is 12.9. The van der Waals surface area contributed by atoms with Gasteiger partial charge in [0.2, 0.25) is 20.0 Å². The summed E-state index contributed by atoms with van der Waals surface area (Å²) in [5.41, 5.74) is 2.82. The number of furan rings is 1. The Labute approximate surface area is 247 Å². The summed E-state index contributed by atoms with van der Waals surface area (Å²) in [6.45, 7) is -0.855. The van der Waals surface area contributed by atoms with Gasteiger partial charge in [0.25, 0.3) is 11.6 Å². The van der Waals surface area contributed by atoms with Crippen molar-refractivity contribution in [1.82, 2.24) is 14.0 Å². The van der Waals surface area contributed by atoms with E-state index in [-0.39, 0.29) is 34.3 Å². The molecule has 222 valence electrons. The largest absolute Gasteiger partial charge is 0.455 e. The predicted octanol–water partition coefficient (Wildman–Crippen LogP) is 3.07. The number of hydrogen-bond donors (Lipinski definition) is 1. The Morgan fingerprint density at radius 2 is 1.47 bits per heavy atom. The summed E-state index contributed by atoms with van der Waals surface area (Å²) in [7, 11) is -8.18. The van der Waals surface area contributed by atoms with E-state index in [1.54, 1.807) is 48.5 Å². The molecule has 1 N–H and O–H groups in total. The van der Waals surface area contributed by atoms with Crippen LogP contribution in [0.1, 0.15) is 5.76 Å². The lowest BCUT2D eigenvalue weighted by molar-refractivity contribution is -0.384. The van der Waals surface area contributed by atoms with Crippen LogP contribution in [-0.2, 0) is 24.8 Å². The Bertz CT molecular complexity index is 1860. The SMILES string of the molecule is O=C(N/N=C\c1ccc(-c2ccc([N+](=O)[O-])cc2)o1)[C@@H]1CN(S(=O)(=O)c2ccccc2)CCN1S(=O)(=O)c1ccccc1. The Kier molecular flexibility index (Phi) is 8.50. The lowest BCUT2D eigenvalue weighted by Crippen LogP contribution is -2.60. The smallest absolute Gasteiger partial charge is 0.269 e. The third kappa shape index (κ3) is 6.39. The van der Waals surface area contributed by atoms with Crippen molar-refractivity contribution < 1.29 is 31.0 Å². The molecule has 13 nitrogen and oxygen atoms in total. The number of carbonyl (C=O) groups excluding carboxylic acids is 1. The fourth-order valence-electron chi connectivity index (χ4n) is 4.49. The minimum atomic E-state index is -4.16. The Morgan fingerprint density at radius 1 is 0.860 bits per heavy atom. The second-order valence-electron chi connectivity index (χ2n) is 9.36. The first-order chi connectivity index (χ1) is 20.6. The molecule has 1 aromatic heterocycles. The number of non-ortho nitro benzene ring substituents is 1. The summed E-state index contributed by atoms with van der Waals surface area (Å²) in [6.07, 6.45) is 1.20. The molecule has 1 aliphatic rings. The van der Waals surface area contributed by atoms with Crippen molar-refractivity contribution in [3.8, 4) is 11.3 Å². The molecular formula is C28H25N5O8S2. The van der Waals surface area contributed by atoms with Gasteiger partial charge in [-0.15, -0.1) is 0 Å². The summed E-state index contributed by atoms with van der Waals surface area (Å²) in [4.78, 5) is 23.7. The van der Waals surface area contributed by atoms with Gasteiger partial charge in [0.15, 0.2) is 0 Å². The maximum absolute atomic E-state index is 13.5. The predicted molar refractivity (Wildman–Crippen MR) is 156 cm³/mol. The molecule has 4 aromatic rings. The molecule has 43 heavy (non-hydrogen) atoms. The summed E-state index contributed by atoms with van der Waals surface area (Å²) in [6, 6.07) is 22.7. The number of nitrogens with one attached hydrogen (secondary N) is 1.